The van der Waals surface area contributed by atoms with Gasteiger partial charge in [-0.15, -0.1) is 0 Å². The van der Waals surface area contributed by atoms with Gasteiger partial charge in [0, 0.05) is 6.42 Å². The molecule has 0 spiro atoms. The molecule has 0 aliphatic rings. The predicted molar refractivity (Wildman–Crippen MR) is 94.3 cm³/mol. The Morgan fingerprint density at radius 1 is 1.07 bits per heavy atom. The second kappa shape index (κ2) is 8.24. The quantitative estimate of drug-likeness (QED) is 0.805. The molecule has 2 aromatic rings. The van der Waals surface area contributed by atoms with E-state index in [1.165, 1.54) is 12.1 Å². The number of carbonyl (C=O) groups excluding carboxylic acids is 1. The second-order valence-corrected chi connectivity index (χ2v) is 6.41. The van der Waals surface area contributed by atoms with Crippen LogP contribution in [0.2, 0.25) is 0 Å². The van der Waals surface area contributed by atoms with Crippen molar-refractivity contribution in [2.24, 2.45) is 0 Å². The molecule has 0 fully saturated rings. The summed E-state index contributed by atoms with van der Waals surface area (Å²) in [4.78, 5) is 23.7. The normalized spacial score (nSPS) is 12.5. The molecule has 1 amide bonds. The van der Waals surface area contributed by atoms with Gasteiger partial charge in [0.15, 0.2) is 0 Å². The number of alkyl halides is 3. The molecule has 0 aliphatic carbocycles. The zero-order valence-corrected chi connectivity index (χ0v) is 14.9. The molecule has 4 nitrogen and oxygen atoms in total. The number of benzene rings is 2. The van der Waals surface area contributed by atoms with E-state index >= 15 is 0 Å². The van der Waals surface area contributed by atoms with E-state index in [-0.39, 0.29) is 18.4 Å². The molecule has 0 unspecified atom stereocenters. The Hall–Kier alpha value is -2.83. The number of carbonyl (C=O) groups is 2. The number of nitrogens with one attached hydrogen (secondary N) is 1. The van der Waals surface area contributed by atoms with E-state index in [1.54, 1.807) is 0 Å². The van der Waals surface area contributed by atoms with E-state index in [9.17, 15) is 27.9 Å². The van der Waals surface area contributed by atoms with Crippen molar-refractivity contribution >= 4 is 11.9 Å². The van der Waals surface area contributed by atoms with Crippen LogP contribution in [0.25, 0.3) is 0 Å². The molecule has 0 aromatic heterocycles. The first-order chi connectivity index (χ1) is 12.6. The molecule has 2 aromatic carbocycles. The Balaban J connectivity index is 2.11. The van der Waals surface area contributed by atoms with Crippen molar-refractivity contribution in [3.63, 3.8) is 0 Å². The SMILES string of the molecule is Cc1cccc(C)c1C[C@@H](NC(=O)Cc1cccc(C(F)(F)F)c1)C(=O)O. The number of rotatable bonds is 6. The standard InChI is InChI=1S/C20H20F3NO3/c1-12-5-3-6-13(2)16(12)11-17(19(26)27)24-18(25)10-14-7-4-8-15(9-14)20(21,22)23/h3-9,17H,10-11H2,1-2H3,(H,24,25)(H,26,27)/t17-/m1/s1. The highest BCUT2D eigenvalue weighted by Gasteiger charge is 2.30. The van der Waals surface area contributed by atoms with Crippen LogP contribution in [0, 0.1) is 13.8 Å². The van der Waals surface area contributed by atoms with Crippen molar-refractivity contribution in [1.29, 1.82) is 0 Å². The smallest absolute Gasteiger partial charge is 0.416 e. The van der Waals surface area contributed by atoms with Gasteiger partial charge in [-0.25, -0.2) is 4.79 Å². The lowest BCUT2D eigenvalue weighted by molar-refractivity contribution is -0.141. The number of carboxylic acid groups (broad SMARTS) is 1. The van der Waals surface area contributed by atoms with Crippen LogP contribution in [0.4, 0.5) is 13.2 Å². The van der Waals surface area contributed by atoms with E-state index in [4.69, 9.17) is 0 Å². The molecular weight excluding hydrogens is 359 g/mol. The lowest BCUT2D eigenvalue weighted by Crippen LogP contribution is -2.43. The zero-order chi connectivity index (χ0) is 20.2. The lowest BCUT2D eigenvalue weighted by Gasteiger charge is -2.18. The molecule has 1 atom stereocenters. The minimum Gasteiger partial charge on any atom is -0.480 e. The average Bonchev–Trinajstić information content (AvgIpc) is 2.56. The Morgan fingerprint density at radius 3 is 2.22 bits per heavy atom. The molecule has 0 saturated carbocycles. The van der Waals surface area contributed by atoms with Gasteiger partial charge >= 0.3 is 12.1 Å². The maximum atomic E-state index is 12.8. The van der Waals surface area contributed by atoms with Crippen LogP contribution >= 0.6 is 0 Å². The molecule has 0 radical (unpaired) electrons. The van der Waals surface area contributed by atoms with E-state index in [0.29, 0.717) is 0 Å². The van der Waals surface area contributed by atoms with Gasteiger partial charge < -0.3 is 10.4 Å². The van der Waals surface area contributed by atoms with Crippen LogP contribution in [0.3, 0.4) is 0 Å². The van der Waals surface area contributed by atoms with Crippen LogP contribution < -0.4 is 5.32 Å². The van der Waals surface area contributed by atoms with Crippen LogP contribution in [0.1, 0.15) is 27.8 Å². The fraction of sp³-hybridized carbons (Fsp3) is 0.300. The minimum absolute atomic E-state index is 0.0994. The fourth-order valence-electron chi connectivity index (χ4n) is 2.86. The molecule has 7 heteroatoms. The highest BCUT2D eigenvalue weighted by Crippen LogP contribution is 2.29. The molecule has 2 N–H and O–H groups in total. The summed E-state index contributed by atoms with van der Waals surface area (Å²) >= 11 is 0. The van der Waals surface area contributed by atoms with E-state index in [2.05, 4.69) is 5.32 Å². The predicted octanol–water partition coefficient (Wildman–Crippen LogP) is 3.68. The molecule has 2 rings (SSSR count). The van der Waals surface area contributed by atoms with Crippen LogP contribution in [0.15, 0.2) is 42.5 Å². The van der Waals surface area contributed by atoms with Crippen molar-refractivity contribution in [3.8, 4) is 0 Å². The molecule has 0 bridgehead atoms. The highest BCUT2D eigenvalue weighted by atomic mass is 19.4. The van der Waals surface area contributed by atoms with Crippen LogP contribution in [-0.4, -0.2) is 23.0 Å². The molecule has 27 heavy (non-hydrogen) atoms. The molecule has 144 valence electrons. The number of aliphatic carboxylic acids is 1. The van der Waals surface area contributed by atoms with Crippen molar-refractivity contribution in [3.05, 3.63) is 70.3 Å². The monoisotopic (exact) mass is 379 g/mol. The van der Waals surface area contributed by atoms with Gasteiger partial charge in [0.05, 0.1) is 12.0 Å². The number of aryl methyl sites for hydroxylation is 2. The van der Waals surface area contributed by atoms with Gasteiger partial charge in [0.1, 0.15) is 6.04 Å². The Labute approximate surface area is 155 Å². The highest BCUT2D eigenvalue weighted by molar-refractivity contribution is 5.85. The summed E-state index contributed by atoms with van der Waals surface area (Å²) in [5.74, 6) is -1.84. The first-order valence-electron chi connectivity index (χ1n) is 8.31. The number of carboxylic acids is 1. The number of hydrogen-bond donors (Lipinski definition) is 2. The van der Waals surface area contributed by atoms with Gasteiger partial charge in [0.25, 0.3) is 0 Å². The van der Waals surface area contributed by atoms with Gasteiger partial charge in [-0.2, -0.15) is 13.2 Å². The van der Waals surface area contributed by atoms with Gasteiger partial charge in [0.2, 0.25) is 5.91 Å². The Kier molecular flexibility index (Phi) is 6.25. The van der Waals surface area contributed by atoms with Crippen molar-refractivity contribution in [1.82, 2.24) is 5.32 Å². The molecule has 0 saturated heterocycles. The Bertz CT molecular complexity index is 826. The van der Waals surface area contributed by atoms with E-state index < -0.39 is 29.7 Å². The van der Waals surface area contributed by atoms with Crippen molar-refractivity contribution < 1.29 is 27.9 Å². The first kappa shape index (κ1) is 20.5. The summed E-state index contributed by atoms with van der Waals surface area (Å²) in [6.07, 6.45) is -4.74. The Morgan fingerprint density at radius 2 is 1.67 bits per heavy atom. The van der Waals surface area contributed by atoms with E-state index in [1.807, 2.05) is 32.0 Å². The average molecular weight is 379 g/mol. The number of hydrogen-bond acceptors (Lipinski definition) is 2. The van der Waals surface area contributed by atoms with Gasteiger partial charge in [-0.3, -0.25) is 4.79 Å². The third-order valence-electron chi connectivity index (χ3n) is 4.31. The summed E-state index contributed by atoms with van der Waals surface area (Å²) in [7, 11) is 0. The molecular formula is C20H20F3NO3. The summed E-state index contributed by atoms with van der Waals surface area (Å²) < 4.78 is 38.3. The number of amides is 1. The molecule has 0 aliphatic heterocycles. The lowest BCUT2D eigenvalue weighted by atomic mass is 9.96. The van der Waals surface area contributed by atoms with E-state index in [0.717, 1.165) is 28.8 Å². The first-order valence-corrected chi connectivity index (χ1v) is 8.31. The largest absolute Gasteiger partial charge is 0.480 e. The third-order valence-corrected chi connectivity index (χ3v) is 4.31. The van der Waals surface area contributed by atoms with Crippen molar-refractivity contribution in [2.75, 3.05) is 0 Å². The van der Waals surface area contributed by atoms with Gasteiger partial charge in [-0.1, -0.05) is 36.4 Å². The second-order valence-electron chi connectivity index (χ2n) is 6.41. The van der Waals surface area contributed by atoms with Crippen LogP contribution in [-0.2, 0) is 28.6 Å². The van der Waals surface area contributed by atoms with Crippen molar-refractivity contribution in [2.45, 2.75) is 38.9 Å². The molecule has 0 heterocycles. The summed E-state index contributed by atoms with van der Waals surface area (Å²) in [6.45, 7) is 3.71. The third kappa shape index (κ3) is 5.57. The summed E-state index contributed by atoms with van der Waals surface area (Å²) in [5, 5.41) is 11.8. The summed E-state index contributed by atoms with van der Waals surface area (Å²) in [5.41, 5.74) is 1.96. The zero-order valence-electron chi connectivity index (χ0n) is 14.9. The minimum atomic E-state index is -4.50. The fourth-order valence-corrected chi connectivity index (χ4v) is 2.86. The van der Waals surface area contributed by atoms with Crippen LogP contribution in [0.5, 0.6) is 0 Å². The van der Waals surface area contributed by atoms with Gasteiger partial charge in [-0.05, 0) is 42.2 Å². The maximum Gasteiger partial charge on any atom is 0.416 e. The topological polar surface area (TPSA) is 66.4 Å². The maximum absolute atomic E-state index is 12.8. The summed E-state index contributed by atoms with van der Waals surface area (Å²) in [6, 6.07) is 8.83. The number of halogens is 3.